The number of hydrogen-bond donors (Lipinski definition) is 2. The van der Waals surface area contributed by atoms with Gasteiger partial charge in [0.1, 0.15) is 22.4 Å². The van der Waals surface area contributed by atoms with Crippen molar-refractivity contribution in [1.29, 1.82) is 5.26 Å². The molecule has 0 fully saturated rings. The topological polar surface area (TPSA) is 78.7 Å². The number of amides is 1. The SMILES string of the molecule is COc1ccc(CC(=O)Nc2sc3c(c2C#N)CC(C)(C)[NH2+]C3(C)C)cc1. The molecule has 3 rings (SSSR count). The van der Waals surface area contributed by atoms with Gasteiger partial charge in [-0.1, -0.05) is 12.1 Å². The van der Waals surface area contributed by atoms with E-state index in [2.05, 4.69) is 44.4 Å². The Labute approximate surface area is 164 Å². The lowest BCUT2D eigenvalue weighted by molar-refractivity contribution is -0.789. The molecular formula is C21H26N3O2S+. The first-order valence-corrected chi connectivity index (χ1v) is 9.83. The molecule has 0 radical (unpaired) electrons. The maximum Gasteiger partial charge on any atom is 0.229 e. The Morgan fingerprint density at radius 3 is 2.56 bits per heavy atom. The number of nitrogens with zero attached hydrogens (tertiary/aromatic N) is 1. The summed E-state index contributed by atoms with van der Waals surface area (Å²) in [6.45, 7) is 8.73. The van der Waals surface area contributed by atoms with Gasteiger partial charge in [-0.3, -0.25) is 4.79 Å². The number of thiophene rings is 1. The molecule has 1 amide bonds. The second kappa shape index (κ2) is 6.99. The molecule has 1 aliphatic heterocycles. The zero-order chi connectivity index (χ0) is 19.8. The highest BCUT2D eigenvalue weighted by atomic mass is 32.1. The quantitative estimate of drug-likeness (QED) is 0.851. The summed E-state index contributed by atoms with van der Waals surface area (Å²) in [5.41, 5.74) is 2.51. The number of methoxy groups -OCH3 is 1. The van der Waals surface area contributed by atoms with E-state index in [0.29, 0.717) is 10.6 Å². The summed E-state index contributed by atoms with van der Waals surface area (Å²) < 4.78 is 5.15. The van der Waals surface area contributed by atoms with Crippen LogP contribution in [0.5, 0.6) is 5.75 Å². The number of fused-ring (bicyclic) bond motifs is 1. The largest absolute Gasteiger partial charge is 0.497 e. The summed E-state index contributed by atoms with van der Waals surface area (Å²) in [6, 6.07) is 9.77. The average molecular weight is 385 g/mol. The zero-order valence-electron chi connectivity index (χ0n) is 16.5. The van der Waals surface area contributed by atoms with Gasteiger partial charge in [0.2, 0.25) is 5.91 Å². The minimum absolute atomic E-state index is 0.0214. The molecule has 142 valence electrons. The fourth-order valence-corrected chi connectivity index (χ4v) is 5.27. The average Bonchev–Trinajstić information content (AvgIpc) is 2.91. The molecule has 0 spiro atoms. The predicted molar refractivity (Wildman–Crippen MR) is 107 cm³/mol. The Kier molecular flexibility index (Phi) is 5.02. The minimum atomic E-state index is -0.119. The Morgan fingerprint density at radius 1 is 1.30 bits per heavy atom. The van der Waals surface area contributed by atoms with Crippen molar-refractivity contribution >= 4 is 22.2 Å². The fourth-order valence-electron chi connectivity index (χ4n) is 4.01. The molecule has 3 N–H and O–H groups in total. The van der Waals surface area contributed by atoms with Crippen molar-refractivity contribution in [2.75, 3.05) is 12.4 Å². The predicted octanol–water partition coefficient (Wildman–Crippen LogP) is 2.94. The number of anilines is 1. The Hall–Kier alpha value is -2.36. The van der Waals surface area contributed by atoms with E-state index in [9.17, 15) is 10.1 Å². The van der Waals surface area contributed by atoms with Gasteiger partial charge in [0.15, 0.2) is 0 Å². The van der Waals surface area contributed by atoms with E-state index >= 15 is 0 Å². The van der Waals surface area contributed by atoms with Crippen LogP contribution in [0.15, 0.2) is 24.3 Å². The van der Waals surface area contributed by atoms with Gasteiger partial charge >= 0.3 is 0 Å². The summed E-state index contributed by atoms with van der Waals surface area (Å²) in [5, 5.41) is 15.7. The fraction of sp³-hybridized carbons (Fsp3) is 0.429. The van der Waals surface area contributed by atoms with Gasteiger partial charge in [0.05, 0.1) is 29.5 Å². The molecule has 0 saturated carbocycles. The van der Waals surface area contributed by atoms with Crippen molar-refractivity contribution in [3.63, 3.8) is 0 Å². The van der Waals surface area contributed by atoms with E-state index < -0.39 is 0 Å². The third-order valence-corrected chi connectivity index (χ3v) is 6.35. The van der Waals surface area contributed by atoms with Crippen molar-refractivity contribution in [2.45, 2.75) is 51.6 Å². The van der Waals surface area contributed by atoms with E-state index in [-0.39, 0.29) is 23.4 Å². The van der Waals surface area contributed by atoms with Crippen LogP contribution in [0.4, 0.5) is 5.00 Å². The number of quaternary nitrogens is 1. The number of nitriles is 1. The molecule has 1 aliphatic rings. The van der Waals surface area contributed by atoms with Crippen molar-refractivity contribution in [3.05, 3.63) is 45.8 Å². The lowest BCUT2D eigenvalue weighted by Crippen LogP contribution is -3.03. The van der Waals surface area contributed by atoms with Crippen LogP contribution in [0.25, 0.3) is 0 Å². The van der Waals surface area contributed by atoms with Gasteiger partial charge < -0.3 is 15.4 Å². The van der Waals surface area contributed by atoms with Gasteiger partial charge in [0, 0.05) is 6.42 Å². The van der Waals surface area contributed by atoms with Crippen LogP contribution in [0.1, 0.15) is 49.3 Å². The molecule has 1 aromatic heterocycles. The zero-order valence-corrected chi connectivity index (χ0v) is 17.3. The van der Waals surface area contributed by atoms with Gasteiger partial charge in [-0.05, 0) is 51.0 Å². The number of nitrogens with one attached hydrogen (secondary N) is 1. The van der Waals surface area contributed by atoms with Crippen molar-refractivity contribution < 1.29 is 14.8 Å². The highest BCUT2D eigenvalue weighted by molar-refractivity contribution is 7.16. The van der Waals surface area contributed by atoms with Gasteiger partial charge in [-0.2, -0.15) is 5.26 Å². The lowest BCUT2D eigenvalue weighted by atomic mass is 9.81. The number of rotatable bonds is 4. The van der Waals surface area contributed by atoms with Crippen molar-refractivity contribution in [1.82, 2.24) is 0 Å². The standard InChI is InChI=1S/C21H25N3O2S/c1-20(2)11-15-16(12-22)19(27-18(15)21(3,4)24-20)23-17(25)10-13-6-8-14(26-5)9-7-13/h6-9,24H,10-11H2,1-5H3,(H,23,25)/p+1. The molecule has 0 atom stereocenters. The smallest absolute Gasteiger partial charge is 0.229 e. The molecule has 0 bridgehead atoms. The number of carbonyl (C=O) groups excluding carboxylic acids is 1. The molecule has 6 heteroatoms. The Bertz CT molecular complexity index is 905. The first kappa shape index (κ1) is 19.4. The Balaban J connectivity index is 1.84. The second-order valence-corrected chi connectivity index (χ2v) is 9.35. The first-order chi connectivity index (χ1) is 12.6. The summed E-state index contributed by atoms with van der Waals surface area (Å²) in [7, 11) is 1.61. The van der Waals surface area contributed by atoms with Crippen LogP contribution < -0.4 is 15.4 Å². The molecule has 5 nitrogen and oxygen atoms in total. The molecule has 0 aliphatic carbocycles. The second-order valence-electron chi connectivity index (χ2n) is 8.33. The monoisotopic (exact) mass is 384 g/mol. The van der Waals surface area contributed by atoms with Crippen LogP contribution in [0.3, 0.4) is 0 Å². The molecule has 2 heterocycles. The molecule has 2 aromatic rings. The van der Waals surface area contributed by atoms with Crippen molar-refractivity contribution in [2.24, 2.45) is 0 Å². The Morgan fingerprint density at radius 2 is 1.96 bits per heavy atom. The van der Waals surface area contributed by atoms with Crippen LogP contribution in [-0.2, 0) is 23.2 Å². The highest BCUT2D eigenvalue weighted by Gasteiger charge is 2.44. The third kappa shape index (κ3) is 4.00. The first-order valence-electron chi connectivity index (χ1n) is 9.01. The van der Waals surface area contributed by atoms with Crippen LogP contribution >= 0.6 is 11.3 Å². The maximum atomic E-state index is 12.6. The molecule has 1 aromatic carbocycles. The molecule has 0 unspecified atom stereocenters. The number of ether oxygens (including phenoxy) is 1. The van der Waals surface area contributed by atoms with Crippen molar-refractivity contribution in [3.8, 4) is 11.8 Å². The van der Waals surface area contributed by atoms with E-state index in [1.807, 2.05) is 24.3 Å². The van der Waals surface area contributed by atoms with E-state index in [0.717, 1.165) is 23.3 Å². The molecule has 0 saturated heterocycles. The van der Waals surface area contributed by atoms with Crippen LogP contribution in [0, 0.1) is 11.3 Å². The van der Waals surface area contributed by atoms with Crippen LogP contribution in [-0.4, -0.2) is 18.6 Å². The summed E-state index contributed by atoms with van der Waals surface area (Å²) in [4.78, 5) is 13.7. The number of hydrogen-bond acceptors (Lipinski definition) is 4. The molecule has 27 heavy (non-hydrogen) atoms. The summed E-state index contributed by atoms with van der Waals surface area (Å²) in [6.07, 6.45) is 1.08. The molecular weight excluding hydrogens is 358 g/mol. The number of nitrogens with two attached hydrogens (primary N) is 1. The van der Waals surface area contributed by atoms with Gasteiger partial charge in [-0.15, -0.1) is 11.3 Å². The number of benzene rings is 1. The highest BCUT2D eigenvalue weighted by Crippen LogP contribution is 2.41. The van der Waals surface area contributed by atoms with Crippen LogP contribution in [0.2, 0.25) is 0 Å². The van der Waals surface area contributed by atoms with E-state index in [4.69, 9.17) is 4.74 Å². The van der Waals surface area contributed by atoms with E-state index in [1.54, 1.807) is 7.11 Å². The minimum Gasteiger partial charge on any atom is -0.497 e. The lowest BCUT2D eigenvalue weighted by Gasteiger charge is -2.38. The maximum absolute atomic E-state index is 12.6. The normalized spacial score (nSPS) is 16.9. The summed E-state index contributed by atoms with van der Waals surface area (Å²) >= 11 is 1.53. The van der Waals surface area contributed by atoms with Gasteiger partial charge in [0.25, 0.3) is 0 Å². The van der Waals surface area contributed by atoms with Gasteiger partial charge in [-0.25, -0.2) is 0 Å². The van der Waals surface area contributed by atoms with E-state index in [1.165, 1.54) is 16.2 Å². The number of carbonyl (C=O) groups is 1. The third-order valence-electron chi connectivity index (χ3n) is 4.86. The summed E-state index contributed by atoms with van der Waals surface area (Å²) in [5.74, 6) is 0.647.